The summed E-state index contributed by atoms with van der Waals surface area (Å²) in [6.45, 7) is 0.528. The first kappa shape index (κ1) is 11.8. The number of nitrogens with zero attached hydrogens (tertiary/aromatic N) is 1. The van der Waals surface area contributed by atoms with Crippen molar-refractivity contribution in [1.29, 1.82) is 0 Å². The first-order valence-corrected chi connectivity index (χ1v) is 4.51. The summed E-state index contributed by atoms with van der Waals surface area (Å²) >= 11 is 0. The standard InChI is InChI=1S/C9H12N4O3/c10-8(14)6-1-2-7(13-5-6)12-3-4-16-9(11)15/h1-2,5H,3-4H2,(H2,10,14)(H2,11,15)(H,12,13). The van der Waals surface area contributed by atoms with Gasteiger partial charge in [-0.1, -0.05) is 0 Å². The fourth-order valence-electron chi connectivity index (χ4n) is 0.975. The largest absolute Gasteiger partial charge is 0.448 e. The number of nitrogens with two attached hydrogens (primary N) is 2. The van der Waals surface area contributed by atoms with Gasteiger partial charge in [0, 0.05) is 6.20 Å². The maximum absolute atomic E-state index is 10.7. The van der Waals surface area contributed by atoms with Crippen LogP contribution in [0.1, 0.15) is 10.4 Å². The van der Waals surface area contributed by atoms with Gasteiger partial charge in [0.05, 0.1) is 12.1 Å². The van der Waals surface area contributed by atoms with E-state index in [0.29, 0.717) is 17.9 Å². The van der Waals surface area contributed by atoms with E-state index in [9.17, 15) is 9.59 Å². The molecule has 0 aliphatic rings. The molecule has 1 aromatic heterocycles. The van der Waals surface area contributed by atoms with Gasteiger partial charge in [-0.2, -0.15) is 0 Å². The smallest absolute Gasteiger partial charge is 0.404 e. The van der Waals surface area contributed by atoms with Crippen molar-refractivity contribution in [2.45, 2.75) is 0 Å². The van der Waals surface area contributed by atoms with E-state index in [2.05, 4.69) is 15.0 Å². The number of hydrogen-bond donors (Lipinski definition) is 3. The number of primary amides is 2. The summed E-state index contributed by atoms with van der Waals surface area (Å²) in [5, 5.41) is 2.87. The van der Waals surface area contributed by atoms with Gasteiger partial charge in [-0.15, -0.1) is 0 Å². The van der Waals surface area contributed by atoms with Crippen LogP contribution in [-0.4, -0.2) is 30.1 Å². The van der Waals surface area contributed by atoms with E-state index in [1.54, 1.807) is 12.1 Å². The zero-order valence-corrected chi connectivity index (χ0v) is 8.47. The second kappa shape index (κ2) is 5.54. The van der Waals surface area contributed by atoms with E-state index in [1.807, 2.05) is 0 Å². The average Bonchev–Trinajstić information content (AvgIpc) is 2.25. The monoisotopic (exact) mass is 224 g/mol. The fraction of sp³-hybridized carbons (Fsp3) is 0.222. The number of amides is 2. The molecular weight excluding hydrogens is 212 g/mol. The van der Waals surface area contributed by atoms with Crippen LogP contribution in [0.25, 0.3) is 0 Å². The molecule has 0 aliphatic carbocycles. The van der Waals surface area contributed by atoms with Crippen molar-refractivity contribution < 1.29 is 14.3 Å². The molecule has 1 heterocycles. The van der Waals surface area contributed by atoms with Crippen molar-refractivity contribution in [1.82, 2.24) is 4.98 Å². The number of rotatable bonds is 5. The quantitative estimate of drug-likeness (QED) is 0.592. The van der Waals surface area contributed by atoms with E-state index in [1.165, 1.54) is 6.20 Å². The van der Waals surface area contributed by atoms with Crippen LogP contribution in [-0.2, 0) is 4.74 Å². The number of nitrogens with one attached hydrogen (secondary N) is 1. The molecule has 0 radical (unpaired) electrons. The number of aromatic nitrogens is 1. The predicted molar refractivity (Wildman–Crippen MR) is 56.8 cm³/mol. The lowest BCUT2D eigenvalue weighted by molar-refractivity contribution is 0.1000. The average molecular weight is 224 g/mol. The summed E-state index contributed by atoms with van der Waals surface area (Å²) in [5.74, 6) is 0.0224. The summed E-state index contributed by atoms with van der Waals surface area (Å²) < 4.78 is 4.50. The van der Waals surface area contributed by atoms with Gasteiger partial charge in [-0.25, -0.2) is 9.78 Å². The van der Waals surface area contributed by atoms with Gasteiger partial charge in [0.2, 0.25) is 5.91 Å². The van der Waals surface area contributed by atoms with E-state index < -0.39 is 12.0 Å². The molecule has 1 rings (SSSR count). The van der Waals surface area contributed by atoms with E-state index in [4.69, 9.17) is 11.5 Å². The molecule has 0 saturated heterocycles. The van der Waals surface area contributed by atoms with Crippen LogP contribution < -0.4 is 16.8 Å². The summed E-state index contributed by atoms with van der Waals surface area (Å²) in [6.07, 6.45) is 0.540. The van der Waals surface area contributed by atoms with Crippen LogP contribution in [0.5, 0.6) is 0 Å². The molecule has 0 saturated carbocycles. The Morgan fingerprint density at radius 3 is 2.62 bits per heavy atom. The van der Waals surface area contributed by atoms with Crippen molar-refractivity contribution in [2.75, 3.05) is 18.5 Å². The molecule has 0 bridgehead atoms. The Hall–Kier alpha value is -2.31. The number of pyridine rings is 1. The van der Waals surface area contributed by atoms with E-state index >= 15 is 0 Å². The van der Waals surface area contributed by atoms with Gasteiger partial charge in [-0.3, -0.25) is 4.79 Å². The summed E-state index contributed by atoms with van der Waals surface area (Å²) in [7, 11) is 0. The number of hydrogen-bond acceptors (Lipinski definition) is 5. The molecule has 0 unspecified atom stereocenters. The third-order valence-electron chi connectivity index (χ3n) is 1.70. The molecule has 5 N–H and O–H groups in total. The Balaban J connectivity index is 2.38. The Morgan fingerprint density at radius 2 is 2.12 bits per heavy atom. The van der Waals surface area contributed by atoms with Gasteiger partial charge in [-0.05, 0) is 12.1 Å². The Morgan fingerprint density at radius 1 is 1.38 bits per heavy atom. The van der Waals surface area contributed by atoms with Crippen molar-refractivity contribution in [3.63, 3.8) is 0 Å². The van der Waals surface area contributed by atoms with Crippen molar-refractivity contribution in [3.05, 3.63) is 23.9 Å². The lowest BCUT2D eigenvalue weighted by Gasteiger charge is -2.05. The number of carbonyl (C=O) groups is 2. The van der Waals surface area contributed by atoms with Crippen LogP contribution in [0.15, 0.2) is 18.3 Å². The topological polar surface area (TPSA) is 120 Å². The van der Waals surface area contributed by atoms with Gasteiger partial charge < -0.3 is 21.5 Å². The van der Waals surface area contributed by atoms with E-state index in [-0.39, 0.29) is 6.61 Å². The Bertz CT molecular complexity index is 377. The molecule has 1 aromatic rings. The highest BCUT2D eigenvalue weighted by Crippen LogP contribution is 2.03. The molecule has 0 fully saturated rings. The highest BCUT2D eigenvalue weighted by atomic mass is 16.5. The Kier molecular flexibility index (Phi) is 4.07. The third-order valence-corrected chi connectivity index (χ3v) is 1.70. The molecule has 0 atom stereocenters. The zero-order chi connectivity index (χ0) is 12.0. The minimum atomic E-state index is -0.821. The third kappa shape index (κ3) is 3.82. The van der Waals surface area contributed by atoms with Gasteiger partial charge in [0.25, 0.3) is 0 Å². The number of ether oxygens (including phenoxy) is 1. The van der Waals surface area contributed by atoms with Crippen molar-refractivity contribution >= 4 is 17.8 Å². The van der Waals surface area contributed by atoms with Crippen LogP contribution in [0.3, 0.4) is 0 Å². The molecular formula is C9H12N4O3. The first-order valence-electron chi connectivity index (χ1n) is 4.51. The molecule has 0 spiro atoms. The maximum Gasteiger partial charge on any atom is 0.404 e. The van der Waals surface area contributed by atoms with Crippen LogP contribution in [0.4, 0.5) is 10.6 Å². The van der Waals surface area contributed by atoms with Gasteiger partial charge >= 0.3 is 6.09 Å². The first-order chi connectivity index (χ1) is 7.59. The summed E-state index contributed by atoms with van der Waals surface area (Å²) in [6, 6.07) is 3.15. The fourth-order valence-corrected chi connectivity index (χ4v) is 0.975. The molecule has 2 amide bonds. The highest BCUT2D eigenvalue weighted by molar-refractivity contribution is 5.92. The van der Waals surface area contributed by atoms with Crippen molar-refractivity contribution in [2.24, 2.45) is 11.5 Å². The van der Waals surface area contributed by atoms with Gasteiger partial charge in [0.1, 0.15) is 12.4 Å². The Labute approximate surface area is 91.8 Å². The molecule has 16 heavy (non-hydrogen) atoms. The van der Waals surface area contributed by atoms with Gasteiger partial charge in [0.15, 0.2) is 0 Å². The molecule has 7 heteroatoms. The van der Waals surface area contributed by atoms with Crippen LogP contribution in [0.2, 0.25) is 0 Å². The molecule has 0 aromatic carbocycles. The van der Waals surface area contributed by atoms with Crippen molar-refractivity contribution in [3.8, 4) is 0 Å². The highest BCUT2D eigenvalue weighted by Gasteiger charge is 2.00. The maximum atomic E-state index is 10.7. The molecule has 86 valence electrons. The summed E-state index contributed by atoms with van der Waals surface area (Å²) in [5.41, 5.74) is 10.1. The lowest BCUT2D eigenvalue weighted by atomic mass is 10.3. The molecule has 0 aliphatic heterocycles. The zero-order valence-electron chi connectivity index (χ0n) is 8.47. The second-order valence-corrected chi connectivity index (χ2v) is 2.89. The summed E-state index contributed by atoms with van der Waals surface area (Å²) in [4.78, 5) is 24.9. The van der Waals surface area contributed by atoms with Crippen LogP contribution in [0, 0.1) is 0 Å². The lowest BCUT2D eigenvalue weighted by Crippen LogP contribution is -2.18. The van der Waals surface area contributed by atoms with E-state index in [0.717, 1.165) is 0 Å². The predicted octanol–water partition coefficient (Wildman–Crippen LogP) is -0.312. The SMILES string of the molecule is NC(=O)OCCNc1ccc(C(N)=O)cn1. The molecule has 7 nitrogen and oxygen atoms in total. The minimum Gasteiger partial charge on any atom is -0.448 e. The number of anilines is 1. The second-order valence-electron chi connectivity index (χ2n) is 2.89. The van der Waals surface area contributed by atoms with Crippen LogP contribution >= 0.6 is 0 Å². The number of carbonyl (C=O) groups excluding carboxylic acids is 2. The normalized spacial score (nSPS) is 9.50. The minimum absolute atomic E-state index is 0.147.